The summed E-state index contributed by atoms with van der Waals surface area (Å²) in [5.41, 5.74) is 1.28. The molecular formula is C24H26N6O3+2. The number of hydrogen-bond acceptors (Lipinski definition) is 3. The van der Waals surface area contributed by atoms with Gasteiger partial charge >= 0.3 is 23.5 Å². The Kier molecular flexibility index (Phi) is 5.95. The molecule has 9 heteroatoms. The molecule has 2 amide bonds. The van der Waals surface area contributed by atoms with Crippen LogP contribution in [0.4, 0.5) is 11.4 Å². The van der Waals surface area contributed by atoms with Crippen molar-refractivity contribution in [3.05, 3.63) is 85.0 Å². The van der Waals surface area contributed by atoms with Gasteiger partial charge in [-0.2, -0.15) is 0 Å². The monoisotopic (exact) mass is 446 g/mol. The topological polar surface area (TPSA) is 85.1 Å². The Bertz CT molecular complexity index is 1280. The van der Waals surface area contributed by atoms with Gasteiger partial charge in [0.15, 0.2) is 0 Å². The van der Waals surface area contributed by atoms with Crippen LogP contribution in [0, 0.1) is 0 Å². The predicted molar refractivity (Wildman–Crippen MR) is 122 cm³/mol. The molecule has 0 spiro atoms. The predicted octanol–water partition coefficient (Wildman–Crippen LogP) is 2.31. The minimum absolute atomic E-state index is 0.200. The van der Waals surface area contributed by atoms with Gasteiger partial charge in [-0.05, 0) is 36.4 Å². The van der Waals surface area contributed by atoms with Crippen LogP contribution in [0.3, 0.4) is 0 Å². The Morgan fingerprint density at radius 3 is 1.82 bits per heavy atom. The quantitative estimate of drug-likeness (QED) is 0.446. The van der Waals surface area contributed by atoms with Crippen molar-refractivity contribution >= 4 is 23.2 Å². The van der Waals surface area contributed by atoms with E-state index < -0.39 is 0 Å². The van der Waals surface area contributed by atoms with Crippen LogP contribution in [0.15, 0.2) is 73.3 Å². The normalized spacial score (nSPS) is 10.7. The number of amides is 2. The highest BCUT2D eigenvalue weighted by Crippen LogP contribution is 2.25. The fraction of sp³-hybridized carbons (Fsp3) is 0.167. The smallest absolute Gasteiger partial charge is 0.347 e. The van der Waals surface area contributed by atoms with Crippen molar-refractivity contribution in [2.45, 2.75) is 0 Å². The highest BCUT2D eigenvalue weighted by molar-refractivity contribution is 6.01. The number of hydrogen-bond donors (Lipinski definition) is 2. The van der Waals surface area contributed by atoms with E-state index in [2.05, 4.69) is 10.6 Å². The Hall–Kier alpha value is -4.40. The molecule has 2 N–H and O–H groups in total. The van der Waals surface area contributed by atoms with Crippen molar-refractivity contribution in [2.75, 3.05) is 10.6 Å². The van der Waals surface area contributed by atoms with Gasteiger partial charge in [-0.15, -0.1) is 0 Å². The van der Waals surface area contributed by atoms with E-state index in [4.69, 9.17) is 4.74 Å². The van der Waals surface area contributed by atoms with Crippen LogP contribution in [0.5, 0.6) is 11.5 Å². The first-order valence-corrected chi connectivity index (χ1v) is 10.3. The minimum atomic E-state index is -0.214. The summed E-state index contributed by atoms with van der Waals surface area (Å²) in [6.07, 6.45) is 7.28. The molecule has 4 aromatic rings. The molecule has 0 radical (unpaired) electrons. The van der Waals surface area contributed by atoms with Gasteiger partial charge in [0.25, 0.3) is 0 Å². The number of benzene rings is 2. The number of anilines is 2. The zero-order valence-corrected chi connectivity index (χ0v) is 18.9. The van der Waals surface area contributed by atoms with E-state index in [0.717, 1.165) is 0 Å². The zero-order valence-electron chi connectivity index (χ0n) is 18.9. The first-order valence-electron chi connectivity index (χ1n) is 10.3. The number of ether oxygens (including phenoxy) is 1. The maximum absolute atomic E-state index is 12.6. The minimum Gasteiger partial charge on any atom is -0.457 e. The van der Waals surface area contributed by atoms with Crippen LogP contribution in [0.25, 0.3) is 0 Å². The van der Waals surface area contributed by atoms with E-state index in [0.29, 0.717) is 34.5 Å². The molecule has 0 unspecified atom stereocenters. The fourth-order valence-corrected chi connectivity index (χ4v) is 3.57. The van der Waals surface area contributed by atoms with Crippen LogP contribution in [0.1, 0.15) is 21.2 Å². The molecule has 0 aliphatic rings. The van der Waals surface area contributed by atoms with Crippen molar-refractivity contribution < 1.29 is 23.5 Å². The molecule has 2 heterocycles. The molecule has 0 saturated heterocycles. The SMILES string of the molecule is Cn1cc[n+](C)c1C(=O)Nc1ccc(Oc2cccc(NC(=O)c3n(C)cc[n+]3C)c2)cc1. The molecule has 0 saturated carbocycles. The zero-order chi connectivity index (χ0) is 23.5. The van der Waals surface area contributed by atoms with Crippen molar-refractivity contribution in [1.29, 1.82) is 0 Å². The molecule has 2 aromatic heterocycles. The average Bonchev–Trinajstić information content (AvgIpc) is 3.29. The van der Waals surface area contributed by atoms with E-state index in [9.17, 15) is 9.59 Å². The molecular weight excluding hydrogens is 420 g/mol. The van der Waals surface area contributed by atoms with Gasteiger partial charge in [0.05, 0.1) is 28.2 Å². The number of imidazole rings is 2. The van der Waals surface area contributed by atoms with Crippen molar-refractivity contribution in [3.8, 4) is 11.5 Å². The summed E-state index contributed by atoms with van der Waals surface area (Å²) in [5, 5.41) is 5.78. The number of carbonyl (C=O) groups is 2. The van der Waals surface area contributed by atoms with Gasteiger partial charge in [0.2, 0.25) is 0 Å². The lowest BCUT2D eigenvalue weighted by molar-refractivity contribution is -0.672. The van der Waals surface area contributed by atoms with Gasteiger partial charge in [0, 0.05) is 17.4 Å². The lowest BCUT2D eigenvalue weighted by atomic mass is 10.2. The second-order valence-corrected chi connectivity index (χ2v) is 7.75. The largest absolute Gasteiger partial charge is 0.457 e. The first-order chi connectivity index (χ1) is 15.8. The summed E-state index contributed by atoms with van der Waals surface area (Å²) in [5.74, 6) is 1.84. The Morgan fingerprint density at radius 2 is 1.30 bits per heavy atom. The molecule has 2 aromatic carbocycles. The van der Waals surface area contributed by atoms with Gasteiger partial charge < -0.3 is 15.4 Å². The van der Waals surface area contributed by atoms with Crippen LogP contribution >= 0.6 is 0 Å². The maximum atomic E-state index is 12.6. The van der Waals surface area contributed by atoms with Gasteiger partial charge in [-0.1, -0.05) is 6.07 Å². The second-order valence-electron chi connectivity index (χ2n) is 7.75. The van der Waals surface area contributed by atoms with Gasteiger partial charge in [0.1, 0.15) is 36.3 Å². The Balaban J connectivity index is 1.41. The standard InChI is InChI=1S/C24H24N6O3/c1-27-12-13-28(2)23(27)21(31)25-17-8-10-19(11-9-17)33-20-7-5-6-18(16-20)26-22(32)24-29(3)14-15-30(24)4/h5-16H,1-4H3/p+2. The van der Waals surface area contributed by atoms with Crippen LogP contribution in [0.2, 0.25) is 0 Å². The maximum Gasteiger partial charge on any atom is 0.347 e. The number of nitrogens with zero attached hydrogens (tertiary/aromatic N) is 4. The van der Waals surface area contributed by atoms with Crippen molar-refractivity contribution in [1.82, 2.24) is 9.13 Å². The third kappa shape index (κ3) is 4.77. The number of aromatic nitrogens is 4. The summed E-state index contributed by atoms with van der Waals surface area (Å²) >= 11 is 0. The molecule has 4 rings (SSSR count). The highest BCUT2D eigenvalue weighted by Gasteiger charge is 2.22. The summed E-state index contributed by atoms with van der Waals surface area (Å²) in [7, 11) is 7.28. The summed E-state index contributed by atoms with van der Waals surface area (Å²) < 4.78 is 13.0. The van der Waals surface area contributed by atoms with E-state index in [-0.39, 0.29) is 11.8 Å². The molecule has 0 aliphatic heterocycles. The van der Waals surface area contributed by atoms with Gasteiger partial charge in [-0.3, -0.25) is 9.59 Å². The third-order valence-electron chi connectivity index (χ3n) is 5.21. The summed E-state index contributed by atoms with van der Waals surface area (Å²) in [4.78, 5) is 25.1. The molecule has 33 heavy (non-hydrogen) atoms. The molecule has 0 bridgehead atoms. The van der Waals surface area contributed by atoms with E-state index >= 15 is 0 Å². The summed E-state index contributed by atoms with van der Waals surface area (Å²) in [6.45, 7) is 0. The van der Waals surface area contributed by atoms with E-state index in [1.165, 1.54) is 0 Å². The lowest BCUT2D eigenvalue weighted by Crippen LogP contribution is -2.37. The first kappa shape index (κ1) is 21.8. The van der Waals surface area contributed by atoms with Crippen molar-refractivity contribution in [3.63, 3.8) is 0 Å². The molecule has 9 nitrogen and oxygen atoms in total. The third-order valence-corrected chi connectivity index (χ3v) is 5.21. The number of carbonyl (C=O) groups excluding carboxylic acids is 2. The Morgan fingerprint density at radius 1 is 0.758 bits per heavy atom. The highest BCUT2D eigenvalue weighted by atomic mass is 16.5. The lowest BCUT2D eigenvalue weighted by Gasteiger charge is -2.09. The van der Waals surface area contributed by atoms with Crippen LogP contribution in [-0.2, 0) is 28.2 Å². The van der Waals surface area contributed by atoms with E-state index in [1.807, 2.05) is 65.1 Å². The number of nitrogens with one attached hydrogen (secondary N) is 2. The van der Waals surface area contributed by atoms with Crippen LogP contribution < -0.4 is 24.5 Å². The molecule has 0 aliphatic carbocycles. The second kappa shape index (κ2) is 8.99. The van der Waals surface area contributed by atoms with Gasteiger partial charge in [-0.25, -0.2) is 18.3 Å². The van der Waals surface area contributed by atoms with Crippen LogP contribution in [-0.4, -0.2) is 20.9 Å². The molecule has 0 fully saturated rings. The number of aryl methyl sites for hydroxylation is 4. The molecule has 0 atom stereocenters. The fourth-order valence-electron chi connectivity index (χ4n) is 3.57. The summed E-state index contributed by atoms with van der Waals surface area (Å²) in [6, 6.07) is 14.3. The van der Waals surface area contributed by atoms with Crippen molar-refractivity contribution in [2.24, 2.45) is 28.2 Å². The Labute approximate surface area is 191 Å². The average molecular weight is 447 g/mol. The number of rotatable bonds is 6. The van der Waals surface area contributed by atoms with E-state index in [1.54, 1.807) is 54.7 Å². The molecule has 168 valence electrons.